The number of H-pyrrole nitrogens is 1. The zero-order chi connectivity index (χ0) is 13.3. The third-order valence-electron chi connectivity index (χ3n) is 1.99. The van der Waals surface area contributed by atoms with Gasteiger partial charge < -0.3 is 5.73 Å². The first kappa shape index (κ1) is 12.2. The van der Waals surface area contributed by atoms with Crippen LogP contribution in [-0.2, 0) is 0 Å². The lowest BCUT2D eigenvalue weighted by Gasteiger charge is -2.02. The van der Waals surface area contributed by atoms with Gasteiger partial charge in [0.05, 0.1) is 4.92 Å². The lowest BCUT2D eigenvalue weighted by atomic mass is 10.4. The van der Waals surface area contributed by atoms with E-state index in [1.807, 2.05) is 0 Å². The predicted octanol–water partition coefficient (Wildman–Crippen LogP) is 0.853. The lowest BCUT2D eigenvalue weighted by Crippen LogP contribution is -2.04. The molecule has 2 rings (SSSR count). The lowest BCUT2D eigenvalue weighted by molar-refractivity contribution is -0.389. The van der Waals surface area contributed by atoms with Gasteiger partial charge in [-0.15, -0.1) is 5.10 Å². The number of hydrogen-bond acceptors (Lipinski definition) is 8. The second-order valence-corrected chi connectivity index (χ2v) is 4.34. The first-order valence-electron chi connectivity index (χ1n) is 4.82. The van der Waals surface area contributed by atoms with Crippen LogP contribution < -0.4 is 5.73 Å². The van der Waals surface area contributed by atoms with Crippen molar-refractivity contribution in [3.05, 3.63) is 21.6 Å². The Balaban J connectivity index is 2.45. The number of hydrogen-bond donors (Lipinski definition) is 2. The molecule has 9 nitrogen and oxygen atoms in total. The molecule has 2 heterocycles. The Bertz CT molecular complexity index is 611. The standard InChI is InChI=1S/C8H9N7O2S/c1-3-5(15(16)17)6(12-7(9)10-3)18-8-11-4(2)13-14-8/h1-2H3,(H2,9,10,12)(H,11,13,14). The minimum absolute atomic E-state index is 0.0205. The van der Waals surface area contributed by atoms with Crippen molar-refractivity contribution in [3.63, 3.8) is 0 Å². The third kappa shape index (κ3) is 2.37. The summed E-state index contributed by atoms with van der Waals surface area (Å²) in [6, 6.07) is 0. The number of anilines is 1. The number of aromatic amines is 1. The number of nitrogen functional groups attached to an aromatic ring is 1. The Morgan fingerprint density at radius 2 is 2.06 bits per heavy atom. The van der Waals surface area contributed by atoms with Crippen LogP contribution in [0.5, 0.6) is 0 Å². The van der Waals surface area contributed by atoms with Gasteiger partial charge in [-0.2, -0.15) is 4.98 Å². The van der Waals surface area contributed by atoms with Gasteiger partial charge in [-0.05, 0) is 25.6 Å². The molecule has 0 bridgehead atoms. The van der Waals surface area contributed by atoms with Crippen LogP contribution in [0.3, 0.4) is 0 Å². The van der Waals surface area contributed by atoms with Crippen molar-refractivity contribution >= 4 is 23.4 Å². The number of nitrogens with two attached hydrogens (primary N) is 1. The van der Waals surface area contributed by atoms with Crippen molar-refractivity contribution in [1.82, 2.24) is 25.1 Å². The van der Waals surface area contributed by atoms with Crippen LogP contribution in [0.1, 0.15) is 11.5 Å². The van der Waals surface area contributed by atoms with Crippen LogP contribution in [0.4, 0.5) is 11.6 Å². The highest BCUT2D eigenvalue weighted by Gasteiger charge is 2.23. The molecule has 0 fully saturated rings. The number of nitrogens with zero attached hydrogens (tertiary/aromatic N) is 5. The first-order chi connectivity index (χ1) is 8.47. The highest BCUT2D eigenvalue weighted by atomic mass is 32.2. The molecule has 0 unspecified atom stereocenters. The van der Waals surface area contributed by atoms with E-state index in [0.29, 0.717) is 11.0 Å². The molecule has 0 aliphatic rings. The van der Waals surface area contributed by atoms with Gasteiger partial charge >= 0.3 is 5.69 Å². The highest BCUT2D eigenvalue weighted by Crippen LogP contribution is 2.33. The topological polar surface area (TPSA) is 137 Å². The van der Waals surface area contributed by atoms with Crippen molar-refractivity contribution in [2.24, 2.45) is 0 Å². The van der Waals surface area contributed by atoms with E-state index in [2.05, 4.69) is 25.1 Å². The molecule has 94 valence electrons. The Kier molecular flexibility index (Phi) is 3.10. The summed E-state index contributed by atoms with van der Waals surface area (Å²) in [5, 5.41) is 18.0. The molecule has 3 N–H and O–H groups in total. The summed E-state index contributed by atoms with van der Waals surface area (Å²) in [6.45, 7) is 3.23. The maximum atomic E-state index is 11.0. The van der Waals surface area contributed by atoms with Crippen molar-refractivity contribution < 1.29 is 4.92 Å². The van der Waals surface area contributed by atoms with Crippen LogP contribution in [-0.4, -0.2) is 30.1 Å². The fourth-order valence-electron chi connectivity index (χ4n) is 1.30. The Labute approximate surface area is 105 Å². The predicted molar refractivity (Wildman–Crippen MR) is 63.1 cm³/mol. The normalized spacial score (nSPS) is 10.6. The molecule has 0 saturated heterocycles. The van der Waals surface area contributed by atoms with E-state index in [9.17, 15) is 10.1 Å². The monoisotopic (exact) mass is 267 g/mol. The quantitative estimate of drug-likeness (QED) is 0.474. The van der Waals surface area contributed by atoms with E-state index < -0.39 is 4.92 Å². The molecular weight excluding hydrogens is 258 g/mol. The Hall–Kier alpha value is -2.23. The summed E-state index contributed by atoms with van der Waals surface area (Å²) >= 11 is 0.965. The molecule has 0 spiro atoms. The van der Waals surface area contributed by atoms with Crippen LogP contribution in [0.15, 0.2) is 10.2 Å². The first-order valence-corrected chi connectivity index (χ1v) is 5.64. The van der Waals surface area contributed by atoms with Gasteiger partial charge in [-0.1, -0.05) is 0 Å². The van der Waals surface area contributed by atoms with Gasteiger partial charge in [0.25, 0.3) is 0 Å². The van der Waals surface area contributed by atoms with E-state index in [1.54, 1.807) is 6.92 Å². The summed E-state index contributed by atoms with van der Waals surface area (Å²) < 4.78 is 0. The van der Waals surface area contributed by atoms with Gasteiger partial charge in [0.2, 0.25) is 11.1 Å². The second kappa shape index (κ2) is 4.56. The molecule has 0 amide bonds. The average Bonchev–Trinajstić information content (AvgIpc) is 2.62. The van der Waals surface area contributed by atoms with Gasteiger partial charge in [-0.3, -0.25) is 15.2 Å². The SMILES string of the molecule is Cc1nc(Sc2nc(N)nc(C)c2[N+](=O)[O-])n[nH]1. The average molecular weight is 267 g/mol. The molecule has 0 atom stereocenters. The van der Waals surface area contributed by atoms with Gasteiger partial charge in [0.1, 0.15) is 11.5 Å². The maximum absolute atomic E-state index is 11.0. The second-order valence-electron chi connectivity index (χ2n) is 3.38. The van der Waals surface area contributed by atoms with Crippen molar-refractivity contribution in [3.8, 4) is 0 Å². The number of aromatic nitrogens is 5. The molecule has 0 radical (unpaired) electrons. The van der Waals surface area contributed by atoms with E-state index in [-0.39, 0.29) is 22.4 Å². The van der Waals surface area contributed by atoms with Gasteiger partial charge in [-0.25, -0.2) is 9.97 Å². The summed E-state index contributed by atoms with van der Waals surface area (Å²) in [5.41, 5.74) is 5.51. The fourth-order valence-corrected chi connectivity index (χ4v) is 2.20. The van der Waals surface area contributed by atoms with Crippen molar-refractivity contribution in [1.29, 1.82) is 0 Å². The van der Waals surface area contributed by atoms with E-state index in [0.717, 1.165) is 11.8 Å². The molecule has 0 aromatic carbocycles. The molecule has 10 heteroatoms. The third-order valence-corrected chi connectivity index (χ3v) is 2.83. The van der Waals surface area contributed by atoms with Crippen LogP contribution >= 0.6 is 11.8 Å². The summed E-state index contributed by atoms with van der Waals surface area (Å²) in [6.07, 6.45) is 0. The van der Waals surface area contributed by atoms with Crippen LogP contribution in [0, 0.1) is 24.0 Å². The number of nitrogens with one attached hydrogen (secondary N) is 1. The van der Waals surface area contributed by atoms with E-state index in [4.69, 9.17) is 5.73 Å². The Morgan fingerprint density at radius 1 is 1.33 bits per heavy atom. The molecule has 18 heavy (non-hydrogen) atoms. The Morgan fingerprint density at radius 3 is 2.61 bits per heavy atom. The minimum Gasteiger partial charge on any atom is -0.368 e. The van der Waals surface area contributed by atoms with Gasteiger partial charge in [0, 0.05) is 0 Å². The molecule has 0 aliphatic carbocycles. The van der Waals surface area contributed by atoms with E-state index >= 15 is 0 Å². The number of aryl methyl sites for hydroxylation is 2. The highest BCUT2D eigenvalue weighted by molar-refractivity contribution is 7.99. The van der Waals surface area contributed by atoms with Crippen molar-refractivity contribution in [2.75, 3.05) is 5.73 Å². The van der Waals surface area contributed by atoms with Crippen LogP contribution in [0.25, 0.3) is 0 Å². The smallest absolute Gasteiger partial charge is 0.322 e. The zero-order valence-electron chi connectivity index (χ0n) is 9.54. The zero-order valence-corrected chi connectivity index (χ0v) is 10.4. The van der Waals surface area contributed by atoms with Crippen molar-refractivity contribution in [2.45, 2.75) is 24.0 Å². The maximum Gasteiger partial charge on any atom is 0.322 e. The summed E-state index contributed by atoms with van der Waals surface area (Å²) in [4.78, 5) is 22.1. The number of rotatable bonds is 3. The fraction of sp³-hybridized carbons (Fsp3) is 0.250. The van der Waals surface area contributed by atoms with E-state index in [1.165, 1.54) is 6.92 Å². The molecule has 0 aliphatic heterocycles. The van der Waals surface area contributed by atoms with Gasteiger partial charge in [0.15, 0.2) is 5.03 Å². The van der Waals surface area contributed by atoms with Crippen LogP contribution in [0.2, 0.25) is 0 Å². The molecule has 2 aromatic heterocycles. The summed E-state index contributed by atoms with van der Waals surface area (Å²) in [5.74, 6) is 0.590. The largest absolute Gasteiger partial charge is 0.368 e. The molecule has 2 aromatic rings. The molecular formula is C8H9N7O2S. The minimum atomic E-state index is -0.545. The molecule has 0 saturated carbocycles. The summed E-state index contributed by atoms with van der Waals surface area (Å²) in [7, 11) is 0. The number of nitro groups is 1.